The number of hydrogen-bond donors (Lipinski definition) is 3. The van der Waals surface area contributed by atoms with E-state index in [2.05, 4.69) is 20.0 Å². The van der Waals surface area contributed by atoms with E-state index in [9.17, 15) is 13.2 Å². The quantitative estimate of drug-likeness (QED) is 0.352. The number of carbonyl (C=O) groups is 1. The Morgan fingerprint density at radius 1 is 1.03 bits per heavy atom. The number of benzene rings is 3. The summed E-state index contributed by atoms with van der Waals surface area (Å²) in [4.78, 5) is 19.9. The highest BCUT2D eigenvalue weighted by molar-refractivity contribution is 7.89. The molecule has 0 aliphatic rings. The summed E-state index contributed by atoms with van der Waals surface area (Å²) in [7, 11) is -2.19. The number of rotatable bonds is 9. The van der Waals surface area contributed by atoms with Crippen LogP contribution in [-0.4, -0.2) is 37.9 Å². The number of nitrogens with zero attached hydrogens (tertiary/aromatic N) is 1. The Hall–Kier alpha value is -3.69. The van der Waals surface area contributed by atoms with Gasteiger partial charge >= 0.3 is 0 Å². The monoisotopic (exact) mass is 464 g/mol. The van der Waals surface area contributed by atoms with Crippen molar-refractivity contribution < 1.29 is 17.9 Å². The smallest absolute Gasteiger partial charge is 0.240 e. The molecule has 0 spiro atoms. The Bertz CT molecular complexity index is 1370. The van der Waals surface area contributed by atoms with Crippen molar-refractivity contribution in [1.82, 2.24) is 20.0 Å². The maximum Gasteiger partial charge on any atom is 0.240 e. The lowest BCUT2D eigenvalue weighted by atomic mass is 10.2. The van der Waals surface area contributed by atoms with E-state index in [4.69, 9.17) is 4.74 Å². The minimum absolute atomic E-state index is 0.0114. The molecule has 0 atom stereocenters. The first-order valence-corrected chi connectivity index (χ1v) is 11.9. The molecule has 3 aromatic carbocycles. The Labute approximate surface area is 192 Å². The molecule has 1 amide bonds. The van der Waals surface area contributed by atoms with E-state index in [0.717, 1.165) is 11.1 Å². The zero-order chi connectivity index (χ0) is 23.3. The predicted octanol–water partition coefficient (Wildman–Crippen LogP) is 3.22. The van der Waals surface area contributed by atoms with Gasteiger partial charge in [-0.05, 0) is 35.9 Å². The molecule has 1 aromatic heterocycles. The summed E-state index contributed by atoms with van der Waals surface area (Å²) in [5.41, 5.74) is 3.10. The number of sulfonamides is 1. The third kappa shape index (κ3) is 5.57. The van der Waals surface area contributed by atoms with Gasteiger partial charge < -0.3 is 15.0 Å². The van der Waals surface area contributed by atoms with Crippen LogP contribution in [0.1, 0.15) is 12.0 Å². The summed E-state index contributed by atoms with van der Waals surface area (Å²) < 4.78 is 33.0. The maximum absolute atomic E-state index is 12.7. The molecular formula is C24H24N4O4S. The first-order valence-electron chi connectivity index (χ1n) is 10.4. The summed E-state index contributed by atoms with van der Waals surface area (Å²) in [5.74, 6) is 1.12. The molecule has 9 heteroatoms. The Kier molecular flexibility index (Phi) is 6.71. The Morgan fingerprint density at radius 2 is 1.85 bits per heavy atom. The first kappa shape index (κ1) is 22.5. The van der Waals surface area contributed by atoms with Gasteiger partial charge in [0, 0.05) is 25.1 Å². The molecule has 33 heavy (non-hydrogen) atoms. The van der Waals surface area contributed by atoms with Crippen molar-refractivity contribution in [3.8, 4) is 17.1 Å². The molecule has 0 saturated heterocycles. The van der Waals surface area contributed by atoms with Gasteiger partial charge in [-0.25, -0.2) is 18.1 Å². The van der Waals surface area contributed by atoms with E-state index in [-0.39, 0.29) is 23.8 Å². The van der Waals surface area contributed by atoms with Gasteiger partial charge in [-0.15, -0.1) is 0 Å². The number of aromatic amines is 1. The molecular weight excluding hydrogens is 440 g/mol. The summed E-state index contributed by atoms with van der Waals surface area (Å²) in [6.45, 7) is 0.325. The predicted molar refractivity (Wildman–Crippen MR) is 126 cm³/mol. The van der Waals surface area contributed by atoms with Crippen LogP contribution >= 0.6 is 0 Å². The van der Waals surface area contributed by atoms with Gasteiger partial charge in [0.25, 0.3) is 0 Å². The zero-order valence-electron chi connectivity index (χ0n) is 18.0. The van der Waals surface area contributed by atoms with Crippen molar-refractivity contribution in [1.29, 1.82) is 0 Å². The van der Waals surface area contributed by atoms with Gasteiger partial charge in [0.2, 0.25) is 15.9 Å². The molecule has 170 valence electrons. The van der Waals surface area contributed by atoms with E-state index in [1.54, 1.807) is 19.2 Å². The molecule has 4 aromatic rings. The molecule has 8 nitrogen and oxygen atoms in total. The van der Waals surface area contributed by atoms with Gasteiger partial charge in [-0.3, -0.25) is 4.79 Å². The van der Waals surface area contributed by atoms with Gasteiger partial charge in [-0.2, -0.15) is 0 Å². The van der Waals surface area contributed by atoms with E-state index in [0.29, 0.717) is 29.2 Å². The van der Waals surface area contributed by atoms with Crippen LogP contribution in [0.15, 0.2) is 77.7 Å². The second kappa shape index (κ2) is 9.85. The number of amides is 1. The van der Waals surface area contributed by atoms with Crippen molar-refractivity contribution in [2.75, 3.05) is 13.7 Å². The number of ether oxygens (including phenoxy) is 1. The van der Waals surface area contributed by atoms with Crippen molar-refractivity contribution >= 4 is 27.0 Å². The van der Waals surface area contributed by atoms with Crippen molar-refractivity contribution in [3.05, 3.63) is 78.4 Å². The fourth-order valence-corrected chi connectivity index (χ4v) is 4.40. The van der Waals surface area contributed by atoms with Gasteiger partial charge in [0.15, 0.2) is 0 Å². The number of H-pyrrole nitrogens is 1. The third-order valence-corrected chi connectivity index (χ3v) is 6.54. The number of aromatic nitrogens is 2. The lowest BCUT2D eigenvalue weighted by molar-refractivity contribution is -0.121. The molecule has 0 aliphatic carbocycles. The topological polar surface area (TPSA) is 113 Å². The second-order valence-electron chi connectivity index (χ2n) is 7.41. The fourth-order valence-electron chi connectivity index (χ4n) is 3.34. The van der Waals surface area contributed by atoms with Crippen LogP contribution in [0, 0.1) is 0 Å². The summed E-state index contributed by atoms with van der Waals surface area (Å²) in [5, 5.41) is 2.78. The van der Waals surface area contributed by atoms with E-state index >= 15 is 0 Å². The number of imidazole rings is 1. The number of nitrogens with one attached hydrogen (secondary N) is 3. The normalized spacial score (nSPS) is 11.4. The number of methoxy groups -OCH3 is 1. The fraction of sp³-hybridized carbons (Fsp3) is 0.167. The number of hydrogen-bond acceptors (Lipinski definition) is 5. The van der Waals surface area contributed by atoms with Crippen molar-refractivity contribution in [2.24, 2.45) is 0 Å². The van der Waals surface area contributed by atoms with Crippen LogP contribution in [0.25, 0.3) is 22.4 Å². The molecule has 4 rings (SSSR count). The first-order chi connectivity index (χ1) is 15.9. The van der Waals surface area contributed by atoms with Crippen LogP contribution in [0.4, 0.5) is 0 Å². The van der Waals surface area contributed by atoms with Crippen LogP contribution < -0.4 is 14.8 Å². The third-order valence-electron chi connectivity index (χ3n) is 5.08. The lowest BCUT2D eigenvalue weighted by Crippen LogP contribution is -2.30. The molecule has 1 heterocycles. The van der Waals surface area contributed by atoms with Gasteiger partial charge in [0.1, 0.15) is 11.6 Å². The highest BCUT2D eigenvalue weighted by atomic mass is 32.2. The van der Waals surface area contributed by atoms with Crippen molar-refractivity contribution in [2.45, 2.75) is 17.9 Å². The second-order valence-corrected chi connectivity index (χ2v) is 9.17. The van der Waals surface area contributed by atoms with Gasteiger partial charge in [-0.1, -0.05) is 42.5 Å². The Morgan fingerprint density at radius 3 is 2.64 bits per heavy atom. The number of carbonyl (C=O) groups excluding carboxylic acids is 1. The minimum Gasteiger partial charge on any atom is -0.497 e. The largest absolute Gasteiger partial charge is 0.497 e. The highest BCUT2D eigenvalue weighted by Crippen LogP contribution is 2.22. The van der Waals surface area contributed by atoms with E-state index < -0.39 is 10.0 Å². The zero-order valence-corrected chi connectivity index (χ0v) is 18.9. The van der Waals surface area contributed by atoms with Crippen LogP contribution in [-0.2, 0) is 21.4 Å². The van der Waals surface area contributed by atoms with Crippen molar-refractivity contribution in [3.63, 3.8) is 0 Å². The molecule has 0 bridgehead atoms. The molecule has 0 saturated carbocycles. The summed E-state index contributed by atoms with van der Waals surface area (Å²) >= 11 is 0. The molecule has 0 aliphatic heterocycles. The average Bonchev–Trinajstić information content (AvgIpc) is 3.27. The molecule has 3 N–H and O–H groups in total. The molecule has 0 radical (unpaired) electrons. The minimum atomic E-state index is -3.77. The standard InChI is InChI=1S/C24H24N4O4S/c1-32-19-9-5-6-17(14-19)16-25-23(29)12-13-26-33(30,31)20-10-11-21-22(15-20)28-24(27-21)18-7-3-2-4-8-18/h2-11,14-15,26H,12-13,16H2,1H3,(H,25,29)(H,27,28). The lowest BCUT2D eigenvalue weighted by Gasteiger charge is -2.08. The summed E-state index contributed by atoms with van der Waals surface area (Å²) in [6, 6.07) is 21.7. The summed E-state index contributed by atoms with van der Waals surface area (Å²) in [6.07, 6.45) is 0.0215. The Balaban J connectivity index is 1.34. The molecule has 0 unspecified atom stereocenters. The van der Waals surface area contributed by atoms with E-state index in [1.165, 1.54) is 6.07 Å². The number of fused-ring (bicyclic) bond motifs is 1. The van der Waals surface area contributed by atoms with Gasteiger partial charge in [0.05, 0.1) is 23.0 Å². The van der Waals surface area contributed by atoms with Crippen LogP contribution in [0.2, 0.25) is 0 Å². The average molecular weight is 465 g/mol. The van der Waals surface area contributed by atoms with Crippen LogP contribution in [0.5, 0.6) is 5.75 Å². The maximum atomic E-state index is 12.7. The molecule has 0 fully saturated rings. The SMILES string of the molecule is COc1cccc(CNC(=O)CCNS(=O)(=O)c2ccc3nc(-c4ccccc4)[nH]c3c2)c1. The van der Waals surface area contributed by atoms with E-state index in [1.807, 2.05) is 54.6 Å². The highest BCUT2D eigenvalue weighted by Gasteiger charge is 2.16. The van der Waals surface area contributed by atoms with Crippen LogP contribution in [0.3, 0.4) is 0 Å².